The summed E-state index contributed by atoms with van der Waals surface area (Å²) in [5.74, 6) is 1.81. The summed E-state index contributed by atoms with van der Waals surface area (Å²) in [5.41, 5.74) is 1.30. The lowest BCUT2D eigenvalue weighted by molar-refractivity contribution is 0.260. The zero-order valence-corrected chi connectivity index (χ0v) is 33.0. The average molecular weight is 690 g/mol. The summed E-state index contributed by atoms with van der Waals surface area (Å²) in [6.45, 7) is 6.94. The molecule has 0 radical (unpaired) electrons. The summed E-state index contributed by atoms with van der Waals surface area (Å²) in [6.07, 6.45) is 51.0. The van der Waals surface area contributed by atoms with Gasteiger partial charge in [-0.25, -0.2) is 0 Å². The van der Waals surface area contributed by atoms with Crippen molar-refractivity contribution in [3.63, 3.8) is 0 Å². The van der Waals surface area contributed by atoms with Crippen LogP contribution in [0.2, 0.25) is 0 Å². The molecule has 0 aliphatic carbocycles. The molecule has 0 amide bonds. The first-order valence-electron chi connectivity index (χ1n) is 21.6. The minimum Gasteiger partial charge on any atom is -0.488 e. The third kappa shape index (κ3) is 25.5. The van der Waals surface area contributed by atoms with Gasteiger partial charge >= 0.3 is 0 Å². The monoisotopic (exact) mass is 690 g/mol. The van der Waals surface area contributed by atoms with Crippen LogP contribution in [-0.2, 0) is 6.54 Å². The normalized spacial score (nSPS) is 11.7. The van der Waals surface area contributed by atoms with Crippen LogP contribution in [0.3, 0.4) is 0 Å². The van der Waals surface area contributed by atoms with Crippen LogP contribution < -0.4 is 9.47 Å². The fourth-order valence-corrected chi connectivity index (χ4v) is 6.63. The quantitative estimate of drug-likeness (QED) is 0.0525. The first kappa shape index (κ1) is 43.7. The number of hydrogen-bond acceptors (Lipinski definition) is 2. The molecule has 1 aromatic heterocycles. The Bertz CT molecular complexity index is 977. The van der Waals surface area contributed by atoms with Gasteiger partial charge < -0.3 is 14.0 Å². The molecule has 0 saturated heterocycles. The third-order valence-electron chi connectivity index (χ3n) is 9.84. The van der Waals surface area contributed by atoms with Crippen LogP contribution in [0.25, 0.3) is 0 Å². The number of aromatic nitrogens is 1. The van der Waals surface area contributed by atoms with Crippen LogP contribution >= 0.6 is 0 Å². The van der Waals surface area contributed by atoms with Gasteiger partial charge in [0.2, 0.25) is 0 Å². The van der Waals surface area contributed by atoms with Crippen molar-refractivity contribution in [1.82, 2.24) is 4.57 Å². The van der Waals surface area contributed by atoms with Gasteiger partial charge in [0.15, 0.2) is 11.5 Å². The predicted molar refractivity (Wildman–Crippen MR) is 220 cm³/mol. The number of unbranched alkanes of at least 4 members (excludes halogenated alkanes) is 24. The van der Waals surface area contributed by atoms with Crippen molar-refractivity contribution in [2.24, 2.45) is 0 Å². The zero-order chi connectivity index (χ0) is 35.4. The highest BCUT2D eigenvalue weighted by atomic mass is 16.5. The maximum absolute atomic E-state index is 6.30. The lowest BCUT2D eigenvalue weighted by Crippen LogP contribution is -2.01. The van der Waals surface area contributed by atoms with Gasteiger partial charge in [0.1, 0.15) is 0 Å². The molecule has 0 fully saturated rings. The van der Waals surface area contributed by atoms with Crippen LogP contribution in [0, 0.1) is 0 Å². The van der Waals surface area contributed by atoms with E-state index in [1.165, 1.54) is 173 Å². The Morgan fingerprint density at radius 2 is 0.760 bits per heavy atom. The van der Waals surface area contributed by atoms with E-state index in [4.69, 9.17) is 9.47 Å². The largest absolute Gasteiger partial charge is 0.488 e. The smallest absolute Gasteiger partial charge is 0.178 e. The van der Waals surface area contributed by atoms with Crippen LogP contribution in [0.1, 0.15) is 199 Å². The summed E-state index contributed by atoms with van der Waals surface area (Å²) < 4.78 is 14.8. The van der Waals surface area contributed by atoms with Gasteiger partial charge in [0.25, 0.3) is 0 Å². The van der Waals surface area contributed by atoms with E-state index in [1.54, 1.807) is 0 Å². The van der Waals surface area contributed by atoms with E-state index in [0.29, 0.717) is 0 Å². The van der Waals surface area contributed by atoms with Gasteiger partial charge in [-0.2, -0.15) is 0 Å². The van der Waals surface area contributed by atoms with Gasteiger partial charge in [-0.3, -0.25) is 0 Å². The molecule has 0 aliphatic heterocycles. The minimum atomic E-state index is 0.770. The van der Waals surface area contributed by atoms with Gasteiger partial charge in [0.05, 0.1) is 25.6 Å². The number of allylic oxidation sites excluding steroid dienone is 4. The number of rotatable bonds is 36. The molecule has 1 aromatic carbocycles. The van der Waals surface area contributed by atoms with Gasteiger partial charge in [0, 0.05) is 6.54 Å². The summed E-state index contributed by atoms with van der Waals surface area (Å²) >= 11 is 0. The molecule has 0 atom stereocenters. The topological polar surface area (TPSA) is 23.4 Å². The molecule has 50 heavy (non-hydrogen) atoms. The SMILES string of the molecule is CCCCCC/C=C\CCCCCCCCCCOc1cn(Cc2ccccc2)cc1OCCCCCCCCCC/C=C\CCCCCC. The summed E-state index contributed by atoms with van der Waals surface area (Å²) in [5, 5.41) is 0. The summed E-state index contributed by atoms with van der Waals surface area (Å²) in [7, 11) is 0. The Hall–Kier alpha value is -2.42. The third-order valence-corrected chi connectivity index (χ3v) is 9.84. The zero-order valence-electron chi connectivity index (χ0n) is 33.0. The highest BCUT2D eigenvalue weighted by molar-refractivity contribution is 5.38. The van der Waals surface area contributed by atoms with Crippen LogP contribution in [0.15, 0.2) is 67.0 Å². The molecular weight excluding hydrogens is 611 g/mol. The first-order valence-corrected chi connectivity index (χ1v) is 21.6. The van der Waals surface area contributed by atoms with E-state index in [1.807, 2.05) is 0 Å². The second-order valence-electron chi connectivity index (χ2n) is 14.7. The van der Waals surface area contributed by atoms with E-state index in [0.717, 1.165) is 44.1 Å². The highest BCUT2D eigenvalue weighted by Gasteiger charge is 2.11. The summed E-state index contributed by atoms with van der Waals surface area (Å²) in [4.78, 5) is 0. The van der Waals surface area contributed by atoms with Crippen molar-refractivity contribution >= 4 is 0 Å². The van der Waals surface area contributed by atoms with Gasteiger partial charge in [-0.05, 0) is 69.8 Å². The van der Waals surface area contributed by atoms with Crippen LogP contribution in [-0.4, -0.2) is 17.8 Å². The molecule has 0 spiro atoms. The van der Waals surface area contributed by atoms with Crippen molar-refractivity contribution < 1.29 is 9.47 Å². The molecule has 284 valence electrons. The Labute approximate surface area is 310 Å². The van der Waals surface area contributed by atoms with Crippen molar-refractivity contribution in [3.8, 4) is 11.5 Å². The number of nitrogens with zero attached hydrogens (tertiary/aromatic N) is 1. The molecule has 3 nitrogen and oxygen atoms in total. The number of ether oxygens (including phenoxy) is 2. The average Bonchev–Trinajstić information content (AvgIpc) is 3.51. The van der Waals surface area contributed by atoms with Gasteiger partial charge in [-0.15, -0.1) is 0 Å². The van der Waals surface area contributed by atoms with E-state index in [-0.39, 0.29) is 0 Å². The second kappa shape index (κ2) is 33.7. The molecule has 0 bridgehead atoms. The number of hydrogen-bond donors (Lipinski definition) is 0. The van der Waals surface area contributed by atoms with Crippen LogP contribution in [0.4, 0.5) is 0 Å². The maximum atomic E-state index is 6.30. The standard InChI is InChI=1S/C47H79NO2/c1-3-5-7-9-11-13-15-17-19-21-23-25-27-29-31-36-40-49-46-43-48(42-45-38-34-33-35-39-45)44-47(46)50-41-37-32-30-28-26-24-22-20-18-16-14-12-10-8-6-4-2/h13-16,33-35,38-39,43-44H,3-12,17-32,36-37,40-42H2,1-2H3/b15-13-,16-14-. The van der Waals surface area contributed by atoms with Crippen LogP contribution in [0.5, 0.6) is 11.5 Å². The molecule has 0 N–H and O–H groups in total. The lowest BCUT2D eigenvalue weighted by atomic mass is 10.1. The van der Waals surface area contributed by atoms with Crippen molar-refractivity contribution in [3.05, 3.63) is 72.6 Å². The van der Waals surface area contributed by atoms with E-state index >= 15 is 0 Å². The van der Waals surface area contributed by atoms with E-state index in [9.17, 15) is 0 Å². The first-order chi connectivity index (χ1) is 24.8. The van der Waals surface area contributed by atoms with Crippen molar-refractivity contribution in [2.75, 3.05) is 13.2 Å². The fourth-order valence-electron chi connectivity index (χ4n) is 6.63. The molecule has 0 aliphatic rings. The molecule has 2 rings (SSSR count). The Balaban J connectivity index is 1.53. The van der Waals surface area contributed by atoms with Crippen molar-refractivity contribution in [2.45, 2.75) is 200 Å². The number of benzene rings is 1. The maximum Gasteiger partial charge on any atom is 0.178 e. The van der Waals surface area contributed by atoms with Gasteiger partial charge in [-0.1, -0.05) is 184 Å². The van der Waals surface area contributed by atoms with Crippen molar-refractivity contribution in [1.29, 1.82) is 0 Å². The second-order valence-corrected chi connectivity index (χ2v) is 14.7. The summed E-state index contributed by atoms with van der Waals surface area (Å²) in [6, 6.07) is 10.7. The Morgan fingerprint density at radius 3 is 1.14 bits per heavy atom. The molecular formula is C47H79NO2. The lowest BCUT2D eigenvalue weighted by Gasteiger charge is -2.09. The Kier molecular flexibility index (Phi) is 29.5. The molecule has 3 heteroatoms. The molecule has 2 aromatic rings. The molecule has 0 unspecified atom stereocenters. The fraction of sp³-hybridized carbons (Fsp3) is 0.702. The van der Waals surface area contributed by atoms with E-state index < -0.39 is 0 Å². The Morgan fingerprint density at radius 1 is 0.420 bits per heavy atom. The minimum absolute atomic E-state index is 0.770. The predicted octanol–water partition coefficient (Wildman–Crippen LogP) is 15.4. The highest BCUT2D eigenvalue weighted by Crippen LogP contribution is 2.30. The van der Waals surface area contributed by atoms with E-state index in [2.05, 4.69) is 85.4 Å². The molecule has 0 saturated carbocycles. The molecule has 1 heterocycles.